The Bertz CT molecular complexity index is 208. The van der Waals surface area contributed by atoms with E-state index < -0.39 is 0 Å². The van der Waals surface area contributed by atoms with Gasteiger partial charge >= 0.3 is 0 Å². The third kappa shape index (κ3) is 4.59. The van der Waals surface area contributed by atoms with E-state index in [0.717, 1.165) is 19.4 Å². The van der Waals surface area contributed by atoms with Crippen LogP contribution in [0.3, 0.4) is 0 Å². The smallest absolute Gasteiger partial charge is 0.242 e. The molecule has 0 bridgehead atoms. The van der Waals surface area contributed by atoms with Crippen LogP contribution in [0, 0.1) is 0 Å². The standard InChI is InChI=1S/C9H16N2O3.ClH/c1-10-5-9(13)11(7-12)6-8-3-2-4-14-8;/h7-8,10H,2-6H2,1H3;1H. The van der Waals surface area contributed by atoms with Crippen molar-refractivity contribution in [1.29, 1.82) is 0 Å². The van der Waals surface area contributed by atoms with Crippen molar-refractivity contribution in [2.24, 2.45) is 0 Å². The Kier molecular flexibility index (Phi) is 7.29. The lowest BCUT2D eigenvalue weighted by atomic mass is 10.2. The first kappa shape index (κ1) is 14.3. The molecular weight excluding hydrogens is 220 g/mol. The largest absolute Gasteiger partial charge is 0.376 e. The van der Waals surface area contributed by atoms with Crippen LogP contribution in [0.25, 0.3) is 0 Å². The number of hydrogen-bond acceptors (Lipinski definition) is 4. The molecule has 0 spiro atoms. The lowest BCUT2D eigenvalue weighted by molar-refractivity contribution is -0.139. The van der Waals surface area contributed by atoms with Crippen LogP contribution in [0.5, 0.6) is 0 Å². The average Bonchev–Trinajstić information content (AvgIpc) is 2.66. The molecule has 0 aromatic heterocycles. The highest BCUT2D eigenvalue weighted by molar-refractivity contribution is 5.87. The Balaban J connectivity index is 0.00000196. The summed E-state index contributed by atoms with van der Waals surface area (Å²) in [5, 5.41) is 2.72. The topological polar surface area (TPSA) is 58.6 Å². The fourth-order valence-electron chi connectivity index (χ4n) is 1.46. The summed E-state index contributed by atoms with van der Waals surface area (Å²) in [5.41, 5.74) is 0. The number of likely N-dealkylation sites (N-methyl/N-ethyl adjacent to an activating group) is 1. The molecule has 2 amide bonds. The van der Waals surface area contributed by atoms with E-state index in [2.05, 4.69) is 5.32 Å². The van der Waals surface area contributed by atoms with Crippen molar-refractivity contribution in [3.63, 3.8) is 0 Å². The molecule has 1 saturated heterocycles. The Morgan fingerprint density at radius 1 is 1.67 bits per heavy atom. The quantitative estimate of drug-likeness (QED) is 0.672. The number of halogens is 1. The molecule has 1 unspecified atom stereocenters. The molecule has 1 rings (SSSR count). The van der Waals surface area contributed by atoms with Crippen molar-refractivity contribution in [3.8, 4) is 0 Å². The van der Waals surface area contributed by atoms with Crippen LogP contribution in [-0.4, -0.2) is 50.1 Å². The molecule has 1 aliphatic rings. The average molecular weight is 237 g/mol. The molecule has 0 aromatic rings. The van der Waals surface area contributed by atoms with Gasteiger partial charge in [-0.25, -0.2) is 0 Å². The van der Waals surface area contributed by atoms with Crippen LogP contribution >= 0.6 is 12.4 Å². The van der Waals surface area contributed by atoms with Crippen LogP contribution in [-0.2, 0) is 14.3 Å². The molecular formula is C9H17ClN2O3. The third-order valence-corrected chi connectivity index (χ3v) is 2.20. The van der Waals surface area contributed by atoms with E-state index in [1.807, 2.05) is 0 Å². The molecule has 88 valence electrons. The molecule has 1 N–H and O–H groups in total. The van der Waals surface area contributed by atoms with Gasteiger partial charge in [0.1, 0.15) is 0 Å². The Morgan fingerprint density at radius 2 is 2.40 bits per heavy atom. The molecule has 0 aromatic carbocycles. The Hall–Kier alpha value is -0.650. The normalized spacial score (nSPS) is 19.4. The minimum atomic E-state index is -0.210. The predicted octanol–water partition coefficient (Wildman–Crippen LogP) is -0.208. The van der Waals surface area contributed by atoms with E-state index in [0.29, 0.717) is 13.0 Å². The number of rotatable bonds is 5. The van der Waals surface area contributed by atoms with Gasteiger partial charge in [-0.2, -0.15) is 0 Å². The number of amides is 2. The minimum Gasteiger partial charge on any atom is -0.376 e. The predicted molar refractivity (Wildman–Crippen MR) is 57.9 cm³/mol. The van der Waals surface area contributed by atoms with Crippen molar-refractivity contribution in [3.05, 3.63) is 0 Å². The monoisotopic (exact) mass is 236 g/mol. The van der Waals surface area contributed by atoms with Gasteiger partial charge < -0.3 is 10.1 Å². The van der Waals surface area contributed by atoms with Gasteiger partial charge in [0.25, 0.3) is 0 Å². The van der Waals surface area contributed by atoms with E-state index in [-0.39, 0.29) is 31.0 Å². The van der Waals surface area contributed by atoms with Gasteiger partial charge in [0.2, 0.25) is 12.3 Å². The summed E-state index contributed by atoms with van der Waals surface area (Å²) in [4.78, 5) is 23.1. The summed E-state index contributed by atoms with van der Waals surface area (Å²) in [6.45, 7) is 1.30. The third-order valence-electron chi connectivity index (χ3n) is 2.20. The second kappa shape index (κ2) is 7.62. The van der Waals surface area contributed by atoms with E-state index in [1.54, 1.807) is 7.05 Å². The van der Waals surface area contributed by atoms with Gasteiger partial charge in [0, 0.05) is 6.61 Å². The van der Waals surface area contributed by atoms with Crippen LogP contribution in [0.15, 0.2) is 0 Å². The van der Waals surface area contributed by atoms with E-state index in [1.165, 1.54) is 4.90 Å². The first-order valence-electron chi connectivity index (χ1n) is 4.79. The van der Waals surface area contributed by atoms with Crippen molar-refractivity contribution < 1.29 is 14.3 Å². The number of nitrogens with one attached hydrogen (secondary N) is 1. The summed E-state index contributed by atoms with van der Waals surface area (Å²) >= 11 is 0. The molecule has 0 saturated carbocycles. The van der Waals surface area contributed by atoms with Gasteiger partial charge in [-0.15, -0.1) is 12.4 Å². The van der Waals surface area contributed by atoms with Gasteiger partial charge in [0.15, 0.2) is 0 Å². The fourth-order valence-corrected chi connectivity index (χ4v) is 1.46. The Morgan fingerprint density at radius 3 is 2.87 bits per heavy atom. The zero-order valence-corrected chi connectivity index (χ0v) is 9.59. The first-order chi connectivity index (χ1) is 6.77. The zero-order valence-electron chi connectivity index (χ0n) is 8.77. The Labute approximate surface area is 95.6 Å². The molecule has 1 atom stereocenters. The maximum Gasteiger partial charge on any atom is 0.242 e. The molecule has 1 fully saturated rings. The van der Waals surface area contributed by atoms with Crippen molar-refractivity contribution >= 4 is 24.7 Å². The minimum absolute atomic E-state index is 0. The van der Waals surface area contributed by atoms with Gasteiger partial charge in [0.05, 0.1) is 19.2 Å². The van der Waals surface area contributed by atoms with Gasteiger partial charge in [-0.3, -0.25) is 14.5 Å². The molecule has 0 radical (unpaired) electrons. The number of nitrogens with zero attached hydrogens (tertiary/aromatic N) is 1. The second-order valence-corrected chi connectivity index (χ2v) is 3.32. The van der Waals surface area contributed by atoms with E-state index in [4.69, 9.17) is 4.74 Å². The van der Waals surface area contributed by atoms with Crippen molar-refractivity contribution in [2.75, 3.05) is 26.7 Å². The molecule has 0 aliphatic carbocycles. The maximum atomic E-state index is 11.3. The molecule has 1 heterocycles. The van der Waals surface area contributed by atoms with Crippen molar-refractivity contribution in [2.45, 2.75) is 18.9 Å². The highest BCUT2D eigenvalue weighted by atomic mass is 35.5. The number of carbonyl (C=O) groups excluding carboxylic acids is 2. The second-order valence-electron chi connectivity index (χ2n) is 3.32. The number of hydrogen-bond donors (Lipinski definition) is 1. The van der Waals surface area contributed by atoms with Crippen LogP contribution < -0.4 is 5.32 Å². The lowest BCUT2D eigenvalue weighted by Gasteiger charge is -2.18. The number of ether oxygens (including phenoxy) is 1. The number of imide groups is 1. The first-order valence-corrected chi connectivity index (χ1v) is 4.79. The van der Waals surface area contributed by atoms with Crippen molar-refractivity contribution in [1.82, 2.24) is 10.2 Å². The van der Waals surface area contributed by atoms with Gasteiger partial charge in [-0.05, 0) is 19.9 Å². The summed E-state index contributed by atoms with van der Waals surface area (Å²) < 4.78 is 5.34. The zero-order chi connectivity index (χ0) is 10.4. The molecule has 5 nitrogen and oxygen atoms in total. The maximum absolute atomic E-state index is 11.3. The van der Waals surface area contributed by atoms with Crippen LogP contribution in [0.4, 0.5) is 0 Å². The lowest BCUT2D eigenvalue weighted by Crippen LogP contribution is -2.40. The van der Waals surface area contributed by atoms with Crippen LogP contribution in [0.2, 0.25) is 0 Å². The van der Waals surface area contributed by atoms with E-state index in [9.17, 15) is 9.59 Å². The molecule has 15 heavy (non-hydrogen) atoms. The summed E-state index contributed by atoms with van der Waals surface area (Å²) in [5.74, 6) is -0.210. The molecule has 1 aliphatic heterocycles. The SMILES string of the molecule is CNCC(=O)N(C=O)CC1CCCO1.Cl. The van der Waals surface area contributed by atoms with E-state index >= 15 is 0 Å². The van der Waals surface area contributed by atoms with Gasteiger partial charge in [-0.1, -0.05) is 0 Å². The van der Waals surface area contributed by atoms with Crippen LogP contribution in [0.1, 0.15) is 12.8 Å². The number of carbonyl (C=O) groups is 2. The summed E-state index contributed by atoms with van der Waals surface area (Å²) in [6.07, 6.45) is 2.54. The fraction of sp³-hybridized carbons (Fsp3) is 0.778. The molecule has 6 heteroatoms. The highest BCUT2D eigenvalue weighted by Crippen LogP contribution is 2.12. The summed E-state index contributed by atoms with van der Waals surface area (Å²) in [7, 11) is 1.67. The summed E-state index contributed by atoms with van der Waals surface area (Å²) in [6, 6.07) is 0. The highest BCUT2D eigenvalue weighted by Gasteiger charge is 2.21.